The van der Waals surface area contributed by atoms with Crippen molar-refractivity contribution in [1.82, 2.24) is 15.3 Å². The number of pyridine rings is 1. The lowest BCUT2D eigenvalue weighted by atomic mass is 10.3. The number of anilines is 1. The lowest BCUT2D eigenvalue weighted by Gasteiger charge is -2.13. The number of aromatic nitrogens is 2. The van der Waals surface area contributed by atoms with Crippen molar-refractivity contribution in [2.24, 2.45) is 0 Å². The summed E-state index contributed by atoms with van der Waals surface area (Å²) < 4.78 is 10.7. The first-order valence-corrected chi connectivity index (χ1v) is 7.54. The van der Waals surface area contributed by atoms with Gasteiger partial charge in [-0.2, -0.15) is 0 Å². The molecule has 24 heavy (non-hydrogen) atoms. The Bertz CT molecular complexity index is 832. The van der Waals surface area contributed by atoms with Crippen LogP contribution in [-0.4, -0.2) is 35.8 Å². The van der Waals surface area contributed by atoms with Crippen molar-refractivity contribution >= 4 is 22.8 Å². The molecule has 124 valence electrons. The molecule has 0 aliphatic heterocycles. The minimum atomic E-state index is -0.302. The summed E-state index contributed by atoms with van der Waals surface area (Å²) in [6, 6.07) is 10.4. The van der Waals surface area contributed by atoms with E-state index in [-0.39, 0.29) is 12.1 Å². The number of urea groups is 1. The average Bonchev–Trinajstić information content (AvgIpc) is 2.99. The number of fused-ring (bicyclic) bond motifs is 1. The molecule has 1 aromatic carbocycles. The van der Waals surface area contributed by atoms with E-state index in [4.69, 9.17) is 9.15 Å². The molecule has 0 aliphatic rings. The third-order valence-corrected chi connectivity index (χ3v) is 3.32. The minimum absolute atomic E-state index is 0.0835. The first-order chi connectivity index (χ1) is 11.7. The second kappa shape index (κ2) is 7.10. The van der Waals surface area contributed by atoms with Gasteiger partial charge >= 0.3 is 6.03 Å². The predicted octanol–water partition coefficient (Wildman–Crippen LogP) is 3.05. The molecule has 2 aromatic heterocycles. The fraction of sp³-hybridized carbons (Fsp3) is 0.235. The lowest BCUT2D eigenvalue weighted by Crippen LogP contribution is -2.38. The second-order valence-corrected chi connectivity index (χ2v) is 5.37. The number of nitrogens with zero attached hydrogens (tertiary/aromatic N) is 2. The topological polar surface area (TPSA) is 89.3 Å². The van der Waals surface area contributed by atoms with Crippen LogP contribution in [0.4, 0.5) is 10.5 Å². The summed E-state index contributed by atoms with van der Waals surface area (Å²) in [6.45, 7) is 2.31. The highest BCUT2D eigenvalue weighted by Gasteiger charge is 2.11. The van der Waals surface area contributed by atoms with Gasteiger partial charge in [-0.1, -0.05) is 6.07 Å². The van der Waals surface area contributed by atoms with E-state index in [9.17, 15) is 4.79 Å². The van der Waals surface area contributed by atoms with E-state index in [1.165, 1.54) is 0 Å². The van der Waals surface area contributed by atoms with Crippen LogP contribution in [0.3, 0.4) is 0 Å². The van der Waals surface area contributed by atoms with Crippen molar-refractivity contribution < 1.29 is 13.9 Å². The number of methoxy groups -OCH3 is 1. The number of hydrogen-bond acceptors (Lipinski definition) is 5. The van der Waals surface area contributed by atoms with E-state index in [1.807, 2.05) is 25.1 Å². The number of carbonyl (C=O) groups excluding carboxylic acids is 1. The Morgan fingerprint density at radius 2 is 2.21 bits per heavy atom. The maximum Gasteiger partial charge on any atom is 0.319 e. The van der Waals surface area contributed by atoms with Crippen LogP contribution in [0.25, 0.3) is 22.7 Å². The molecule has 0 saturated carbocycles. The standard InChI is InChI=1S/C17H18N4O3/c1-11(10-23-2)19-17(22)20-12-6-7-13-15(9-12)24-16(21-13)14-5-3-4-8-18-14/h3-9,11H,10H2,1-2H3,(H2,19,20,22)/t11-/m1/s1. The summed E-state index contributed by atoms with van der Waals surface area (Å²) in [5, 5.41) is 5.54. The summed E-state index contributed by atoms with van der Waals surface area (Å²) in [7, 11) is 1.59. The van der Waals surface area contributed by atoms with Crippen LogP contribution in [0.15, 0.2) is 47.0 Å². The molecule has 0 fully saturated rings. The van der Waals surface area contributed by atoms with Crippen LogP contribution in [0.5, 0.6) is 0 Å². The summed E-state index contributed by atoms with van der Waals surface area (Å²) in [6.07, 6.45) is 1.68. The summed E-state index contributed by atoms with van der Waals surface area (Å²) >= 11 is 0. The van der Waals surface area contributed by atoms with Gasteiger partial charge in [-0.25, -0.2) is 9.78 Å². The Morgan fingerprint density at radius 3 is 2.96 bits per heavy atom. The number of amides is 2. The van der Waals surface area contributed by atoms with Crippen LogP contribution in [0.2, 0.25) is 0 Å². The number of ether oxygens (including phenoxy) is 1. The third kappa shape index (κ3) is 3.69. The van der Waals surface area contributed by atoms with E-state index in [0.29, 0.717) is 35.0 Å². The third-order valence-electron chi connectivity index (χ3n) is 3.32. The summed E-state index contributed by atoms with van der Waals surface area (Å²) in [5.41, 5.74) is 2.57. The number of rotatable bonds is 5. The van der Waals surface area contributed by atoms with Gasteiger partial charge in [0.15, 0.2) is 5.58 Å². The number of nitrogens with one attached hydrogen (secondary N) is 2. The molecule has 3 aromatic rings. The van der Waals surface area contributed by atoms with Crippen LogP contribution < -0.4 is 10.6 Å². The lowest BCUT2D eigenvalue weighted by molar-refractivity contribution is 0.173. The predicted molar refractivity (Wildman–Crippen MR) is 90.7 cm³/mol. The van der Waals surface area contributed by atoms with E-state index < -0.39 is 0 Å². The van der Waals surface area contributed by atoms with E-state index in [2.05, 4.69) is 20.6 Å². The van der Waals surface area contributed by atoms with Gasteiger partial charge in [-0.15, -0.1) is 0 Å². The quantitative estimate of drug-likeness (QED) is 0.752. The van der Waals surface area contributed by atoms with E-state index >= 15 is 0 Å². The monoisotopic (exact) mass is 326 g/mol. The van der Waals surface area contributed by atoms with Gasteiger partial charge in [-0.05, 0) is 31.2 Å². The van der Waals surface area contributed by atoms with Crippen LogP contribution >= 0.6 is 0 Å². The second-order valence-electron chi connectivity index (χ2n) is 5.37. The molecule has 0 spiro atoms. The Hall–Kier alpha value is -2.93. The largest absolute Gasteiger partial charge is 0.435 e. The maximum atomic E-state index is 11.9. The smallest absolute Gasteiger partial charge is 0.319 e. The first-order valence-electron chi connectivity index (χ1n) is 7.54. The molecule has 2 amide bonds. The highest BCUT2D eigenvalue weighted by atomic mass is 16.5. The van der Waals surface area contributed by atoms with Gasteiger partial charge in [0.25, 0.3) is 0 Å². The molecule has 0 radical (unpaired) electrons. The molecule has 0 aliphatic carbocycles. The van der Waals surface area contributed by atoms with Gasteiger partial charge in [0.2, 0.25) is 5.89 Å². The molecule has 0 saturated heterocycles. The maximum absolute atomic E-state index is 11.9. The van der Waals surface area contributed by atoms with Gasteiger partial charge in [0, 0.05) is 25.1 Å². The molecule has 2 heterocycles. The SMILES string of the molecule is COC[C@@H](C)NC(=O)Nc1ccc2nc(-c3ccccn3)oc2c1. The molecule has 3 rings (SSSR count). The van der Waals surface area contributed by atoms with Crippen molar-refractivity contribution in [3.05, 3.63) is 42.6 Å². The zero-order valence-electron chi connectivity index (χ0n) is 13.4. The highest BCUT2D eigenvalue weighted by molar-refractivity contribution is 5.91. The molecule has 0 unspecified atom stereocenters. The Labute approximate surface area is 139 Å². The molecule has 0 bridgehead atoms. The van der Waals surface area contributed by atoms with Gasteiger partial charge in [0.05, 0.1) is 12.6 Å². The van der Waals surface area contributed by atoms with Crippen LogP contribution in [-0.2, 0) is 4.74 Å². The Morgan fingerprint density at radius 1 is 1.33 bits per heavy atom. The number of carbonyl (C=O) groups is 1. The summed E-state index contributed by atoms with van der Waals surface area (Å²) in [5.74, 6) is 0.445. The normalized spacial score (nSPS) is 12.1. The Kier molecular flexibility index (Phi) is 4.72. The van der Waals surface area contributed by atoms with Gasteiger partial charge in [0.1, 0.15) is 11.2 Å². The first kappa shape index (κ1) is 15.9. The minimum Gasteiger partial charge on any atom is -0.435 e. The molecular formula is C17H18N4O3. The fourth-order valence-corrected chi connectivity index (χ4v) is 2.28. The van der Waals surface area contributed by atoms with Crippen molar-refractivity contribution in [3.63, 3.8) is 0 Å². The highest BCUT2D eigenvalue weighted by Crippen LogP contribution is 2.25. The molecule has 7 nitrogen and oxygen atoms in total. The number of oxazole rings is 1. The van der Waals surface area contributed by atoms with Crippen molar-refractivity contribution in [2.45, 2.75) is 13.0 Å². The number of benzene rings is 1. The average molecular weight is 326 g/mol. The van der Waals surface area contributed by atoms with Gasteiger partial charge < -0.3 is 19.8 Å². The van der Waals surface area contributed by atoms with Gasteiger partial charge in [-0.3, -0.25) is 4.98 Å². The zero-order valence-corrected chi connectivity index (χ0v) is 13.4. The van der Waals surface area contributed by atoms with Crippen molar-refractivity contribution in [1.29, 1.82) is 0 Å². The van der Waals surface area contributed by atoms with Crippen molar-refractivity contribution in [2.75, 3.05) is 19.0 Å². The Balaban J connectivity index is 1.75. The molecule has 2 N–H and O–H groups in total. The fourth-order valence-electron chi connectivity index (χ4n) is 2.28. The summed E-state index contributed by atoms with van der Waals surface area (Å²) in [4.78, 5) is 20.5. The molecule has 7 heteroatoms. The molecule has 1 atom stereocenters. The van der Waals surface area contributed by atoms with E-state index in [0.717, 1.165) is 0 Å². The zero-order chi connectivity index (χ0) is 16.9. The van der Waals surface area contributed by atoms with Crippen LogP contribution in [0.1, 0.15) is 6.92 Å². The molecular weight excluding hydrogens is 308 g/mol. The number of hydrogen-bond donors (Lipinski definition) is 2. The van der Waals surface area contributed by atoms with E-state index in [1.54, 1.807) is 31.5 Å². The van der Waals surface area contributed by atoms with Crippen LogP contribution in [0, 0.1) is 0 Å². The van der Waals surface area contributed by atoms with Crippen molar-refractivity contribution in [3.8, 4) is 11.6 Å².